The number of alkyl halides is 3. The van der Waals surface area contributed by atoms with Crippen LogP contribution in [-0.2, 0) is 11.6 Å². The molecule has 0 aliphatic carbocycles. The van der Waals surface area contributed by atoms with Crippen LogP contribution in [0.4, 0.5) is 29.5 Å². The number of hydrogen-bond donors (Lipinski definition) is 2. The summed E-state index contributed by atoms with van der Waals surface area (Å²) in [5, 5.41) is 9.93. The molecule has 164 valence electrons. The maximum absolute atomic E-state index is 12.8. The van der Waals surface area contributed by atoms with Crippen LogP contribution in [0.1, 0.15) is 32.0 Å². The van der Waals surface area contributed by atoms with E-state index in [0.29, 0.717) is 18.1 Å². The van der Waals surface area contributed by atoms with Crippen molar-refractivity contribution in [3.05, 3.63) is 58.0 Å². The number of aromatic nitrogens is 4. The minimum absolute atomic E-state index is 0.139. The number of hydrogen-bond acceptors (Lipinski definition) is 4. The van der Waals surface area contributed by atoms with Crippen LogP contribution < -0.4 is 10.6 Å². The number of urea groups is 1. The lowest BCUT2D eigenvalue weighted by Crippen LogP contribution is -2.22. The molecule has 2 heterocycles. The second-order valence-corrected chi connectivity index (χ2v) is 8.31. The van der Waals surface area contributed by atoms with Gasteiger partial charge in [-0.1, -0.05) is 50.0 Å². The van der Waals surface area contributed by atoms with Crippen molar-refractivity contribution in [1.29, 1.82) is 0 Å². The lowest BCUT2D eigenvalue weighted by Gasteiger charge is -2.13. The Morgan fingerprint density at radius 3 is 2.29 bits per heavy atom. The van der Waals surface area contributed by atoms with Gasteiger partial charge in [0.05, 0.1) is 27.0 Å². The number of amides is 2. The highest BCUT2D eigenvalue weighted by Crippen LogP contribution is 2.31. The first-order valence-electron chi connectivity index (χ1n) is 8.88. The Balaban J connectivity index is 1.93. The van der Waals surface area contributed by atoms with Crippen LogP contribution in [0.5, 0.6) is 0 Å². The molecule has 0 atom stereocenters. The van der Waals surface area contributed by atoms with E-state index in [4.69, 9.17) is 23.2 Å². The molecular formula is C19H17Cl2F3N6O. The van der Waals surface area contributed by atoms with Gasteiger partial charge in [0.2, 0.25) is 0 Å². The van der Waals surface area contributed by atoms with E-state index in [9.17, 15) is 18.0 Å². The summed E-state index contributed by atoms with van der Waals surface area (Å²) in [6, 6.07) is 5.66. The number of nitrogens with one attached hydrogen (secondary N) is 2. The van der Waals surface area contributed by atoms with Crippen LogP contribution in [0.15, 0.2) is 36.7 Å². The third kappa shape index (κ3) is 5.26. The first-order chi connectivity index (χ1) is 14.4. The van der Waals surface area contributed by atoms with Crippen LogP contribution in [0.2, 0.25) is 10.0 Å². The summed E-state index contributed by atoms with van der Waals surface area (Å²) in [5.74, 6) is 0.0138. The number of nitrogens with zero attached hydrogens (tertiary/aromatic N) is 4. The fourth-order valence-corrected chi connectivity index (χ4v) is 2.78. The van der Waals surface area contributed by atoms with Gasteiger partial charge in [-0.25, -0.2) is 14.8 Å². The number of carbonyl (C=O) groups excluding carboxylic acids is 1. The van der Waals surface area contributed by atoms with Gasteiger partial charge in [-0.15, -0.1) is 0 Å². The van der Waals surface area contributed by atoms with Gasteiger partial charge < -0.3 is 5.32 Å². The quantitative estimate of drug-likeness (QED) is 0.494. The predicted octanol–water partition coefficient (Wildman–Crippen LogP) is 5.93. The van der Waals surface area contributed by atoms with Gasteiger partial charge in [-0.2, -0.15) is 23.0 Å². The minimum atomic E-state index is -4.57. The summed E-state index contributed by atoms with van der Waals surface area (Å²) in [6.45, 7) is 5.68. The Hall–Kier alpha value is -2.85. The molecular weight excluding hydrogens is 456 g/mol. The first kappa shape index (κ1) is 22.8. The van der Waals surface area contributed by atoms with Gasteiger partial charge in [0.25, 0.3) is 5.95 Å². The molecule has 1 aromatic carbocycles. The average Bonchev–Trinajstić information content (AvgIpc) is 3.09. The second kappa shape index (κ2) is 8.35. The fraction of sp³-hybridized carbons (Fsp3) is 0.263. The molecule has 31 heavy (non-hydrogen) atoms. The molecule has 0 unspecified atom stereocenters. The van der Waals surface area contributed by atoms with Gasteiger partial charge in [0.15, 0.2) is 0 Å². The zero-order valence-electron chi connectivity index (χ0n) is 16.6. The Bertz CT molecular complexity index is 1110. The van der Waals surface area contributed by atoms with E-state index >= 15 is 0 Å². The summed E-state index contributed by atoms with van der Waals surface area (Å²) in [7, 11) is 0. The molecule has 0 radical (unpaired) electrons. The zero-order valence-corrected chi connectivity index (χ0v) is 18.1. The van der Waals surface area contributed by atoms with Crippen molar-refractivity contribution in [2.45, 2.75) is 32.4 Å². The Labute approximate surface area is 185 Å². The molecule has 3 rings (SSSR count). The van der Waals surface area contributed by atoms with E-state index < -0.39 is 23.2 Å². The van der Waals surface area contributed by atoms with Gasteiger partial charge >= 0.3 is 12.2 Å². The van der Waals surface area contributed by atoms with E-state index in [1.165, 1.54) is 0 Å². The average molecular weight is 473 g/mol. The summed E-state index contributed by atoms with van der Waals surface area (Å²) in [5.41, 5.74) is -0.575. The maximum Gasteiger partial charge on any atom is 0.419 e. The summed E-state index contributed by atoms with van der Waals surface area (Å²) < 4.78 is 39.6. The maximum atomic E-state index is 12.8. The number of benzene rings is 1. The molecule has 2 N–H and O–H groups in total. The zero-order chi connectivity index (χ0) is 23.0. The van der Waals surface area contributed by atoms with Crippen LogP contribution in [0.25, 0.3) is 5.95 Å². The topological polar surface area (TPSA) is 84.7 Å². The summed E-state index contributed by atoms with van der Waals surface area (Å²) >= 11 is 12.0. The third-order valence-electron chi connectivity index (χ3n) is 4.07. The molecule has 0 saturated heterocycles. The molecule has 0 fully saturated rings. The van der Waals surface area contributed by atoms with Gasteiger partial charge in [0.1, 0.15) is 5.82 Å². The standard InChI is InChI=1S/C19H17Cl2F3N6O/c1-18(2,3)13-7-14(28-17(31)27-12-6-4-5-11(20)15(12)21)30(29-13)16-25-8-10(9-26-16)19(22,23)24/h4-9H,1-3H3,(H2,27,28,31). The fourth-order valence-electron chi connectivity index (χ4n) is 2.44. The number of carbonyl (C=O) groups is 1. The highest BCUT2D eigenvalue weighted by atomic mass is 35.5. The van der Waals surface area contributed by atoms with E-state index in [0.717, 1.165) is 4.68 Å². The van der Waals surface area contributed by atoms with Gasteiger partial charge in [-0.3, -0.25) is 5.32 Å². The minimum Gasteiger partial charge on any atom is -0.306 e. The molecule has 0 saturated carbocycles. The van der Waals surface area contributed by atoms with E-state index in [-0.39, 0.29) is 27.5 Å². The molecule has 2 aromatic heterocycles. The highest BCUT2D eigenvalue weighted by Gasteiger charge is 2.32. The monoisotopic (exact) mass is 472 g/mol. The van der Waals surface area contributed by atoms with Gasteiger partial charge in [-0.05, 0) is 12.1 Å². The largest absolute Gasteiger partial charge is 0.419 e. The van der Waals surface area contributed by atoms with Crippen molar-refractivity contribution in [2.75, 3.05) is 10.6 Å². The SMILES string of the molecule is CC(C)(C)c1cc(NC(=O)Nc2cccc(Cl)c2Cl)n(-c2ncc(C(F)(F)F)cn2)n1. The van der Waals surface area contributed by atoms with Crippen molar-refractivity contribution in [3.63, 3.8) is 0 Å². The molecule has 2 amide bonds. The first-order valence-corrected chi connectivity index (χ1v) is 9.64. The lowest BCUT2D eigenvalue weighted by molar-refractivity contribution is -0.138. The molecule has 0 spiro atoms. The third-order valence-corrected chi connectivity index (χ3v) is 4.89. The number of anilines is 2. The lowest BCUT2D eigenvalue weighted by atomic mass is 9.92. The van der Waals surface area contributed by atoms with Crippen LogP contribution in [0.3, 0.4) is 0 Å². The van der Waals surface area contributed by atoms with Crippen molar-refractivity contribution >= 4 is 40.7 Å². The van der Waals surface area contributed by atoms with Crippen molar-refractivity contribution < 1.29 is 18.0 Å². The molecule has 3 aromatic rings. The Kier molecular flexibility index (Phi) is 6.15. The van der Waals surface area contributed by atoms with Crippen molar-refractivity contribution in [1.82, 2.24) is 19.7 Å². The Morgan fingerprint density at radius 2 is 1.71 bits per heavy atom. The van der Waals surface area contributed by atoms with Crippen molar-refractivity contribution in [2.24, 2.45) is 0 Å². The smallest absolute Gasteiger partial charge is 0.306 e. The van der Waals surface area contributed by atoms with Crippen LogP contribution in [0, 0.1) is 0 Å². The molecule has 0 aliphatic rings. The molecule has 7 nitrogen and oxygen atoms in total. The number of halogens is 5. The Morgan fingerprint density at radius 1 is 1.06 bits per heavy atom. The predicted molar refractivity (Wildman–Crippen MR) is 112 cm³/mol. The normalized spacial score (nSPS) is 12.0. The second-order valence-electron chi connectivity index (χ2n) is 7.53. The van der Waals surface area contributed by atoms with Crippen LogP contribution >= 0.6 is 23.2 Å². The molecule has 12 heteroatoms. The van der Waals surface area contributed by atoms with Crippen LogP contribution in [-0.4, -0.2) is 25.8 Å². The van der Waals surface area contributed by atoms with Crippen molar-refractivity contribution in [3.8, 4) is 5.95 Å². The van der Waals surface area contributed by atoms with E-state index in [1.807, 2.05) is 20.8 Å². The molecule has 0 bridgehead atoms. The van der Waals surface area contributed by atoms with E-state index in [2.05, 4.69) is 25.7 Å². The summed E-state index contributed by atoms with van der Waals surface area (Å²) in [6.07, 6.45) is -3.27. The molecule has 0 aliphatic heterocycles. The summed E-state index contributed by atoms with van der Waals surface area (Å²) in [4.78, 5) is 20.0. The highest BCUT2D eigenvalue weighted by molar-refractivity contribution is 6.44. The number of rotatable bonds is 3. The van der Waals surface area contributed by atoms with Gasteiger partial charge in [0, 0.05) is 23.9 Å². The van der Waals surface area contributed by atoms with E-state index in [1.54, 1.807) is 24.3 Å².